The number of nitrogens with zero attached hydrogens (tertiary/aromatic N) is 1. The molecule has 1 aromatic heterocycles. The number of aromatic nitrogens is 2. The maximum absolute atomic E-state index is 3.91. The van der Waals surface area contributed by atoms with Crippen LogP contribution in [0.3, 0.4) is 0 Å². The molecule has 0 aliphatic rings. The maximum atomic E-state index is 3.91. The lowest BCUT2D eigenvalue weighted by atomic mass is 10.1. The molecular weight excluding hydrogens is 148 g/mol. The lowest BCUT2D eigenvalue weighted by Gasteiger charge is -1.97. The van der Waals surface area contributed by atoms with Crippen molar-refractivity contribution in [3.63, 3.8) is 0 Å². The predicted octanol–water partition coefficient (Wildman–Crippen LogP) is 2.92. The Morgan fingerprint density at radius 3 is 2.75 bits per heavy atom. The maximum Gasteiger partial charge on any atom is 0.0519 e. The van der Waals surface area contributed by atoms with E-state index in [2.05, 4.69) is 17.1 Å². The lowest BCUT2D eigenvalue weighted by Crippen LogP contribution is -1.82. The molecule has 1 aromatic rings. The number of aromatic amines is 1. The molecule has 1 rings (SSSR count). The van der Waals surface area contributed by atoms with Crippen LogP contribution in [0.5, 0.6) is 0 Å². The molecule has 12 heavy (non-hydrogen) atoms. The van der Waals surface area contributed by atoms with Gasteiger partial charge in [-0.05, 0) is 18.4 Å². The molecule has 68 valence electrons. The third-order valence-electron chi connectivity index (χ3n) is 2.12. The lowest BCUT2D eigenvalue weighted by molar-refractivity contribution is 0.632. The monoisotopic (exact) mass is 166 g/mol. The average molecular weight is 166 g/mol. The molecule has 0 fully saturated rings. The second-order valence-corrected chi connectivity index (χ2v) is 3.27. The van der Waals surface area contributed by atoms with E-state index in [1.807, 2.05) is 12.4 Å². The first-order chi connectivity index (χ1) is 5.93. The third kappa shape index (κ3) is 3.56. The second kappa shape index (κ2) is 5.81. The van der Waals surface area contributed by atoms with E-state index < -0.39 is 0 Å². The number of hydrogen-bond acceptors (Lipinski definition) is 1. The quantitative estimate of drug-likeness (QED) is 0.647. The summed E-state index contributed by atoms with van der Waals surface area (Å²) >= 11 is 0. The minimum absolute atomic E-state index is 1.18. The number of H-pyrrole nitrogens is 1. The first-order valence-corrected chi connectivity index (χ1v) is 4.91. The van der Waals surface area contributed by atoms with Crippen LogP contribution in [-0.4, -0.2) is 10.2 Å². The van der Waals surface area contributed by atoms with Crippen molar-refractivity contribution >= 4 is 0 Å². The topological polar surface area (TPSA) is 28.7 Å². The summed E-state index contributed by atoms with van der Waals surface area (Å²) in [5.74, 6) is 0. The van der Waals surface area contributed by atoms with E-state index in [-0.39, 0.29) is 0 Å². The average Bonchev–Trinajstić information content (AvgIpc) is 2.57. The van der Waals surface area contributed by atoms with Crippen molar-refractivity contribution in [1.82, 2.24) is 10.2 Å². The molecule has 1 N–H and O–H groups in total. The standard InChI is InChI=1S/C10H18N2/c1-2-3-4-5-6-7-10-8-11-12-9-10/h8-9H,2-7H2,1H3,(H,11,12). The molecule has 0 bridgehead atoms. The van der Waals surface area contributed by atoms with Crippen molar-refractivity contribution in [1.29, 1.82) is 0 Å². The smallest absolute Gasteiger partial charge is 0.0519 e. The normalized spacial score (nSPS) is 10.4. The second-order valence-electron chi connectivity index (χ2n) is 3.27. The van der Waals surface area contributed by atoms with E-state index in [1.54, 1.807) is 0 Å². The Morgan fingerprint density at radius 2 is 2.08 bits per heavy atom. The van der Waals surface area contributed by atoms with E-state index in [4.69, 9.17) is 0 Å². The number of rotatable bonds is 6. The van der Waals surface area contributed by atoms with Gasteiger partial charge in [0.2, 0.25) is 0 Å². The van der Waals surface area contributed by atoms with E-state index in [1.165, 1.54) is 44.1 Å². The molecule has 0 amide bonds. The van der Waals surface area contributed by atoms with Gasteiger partial charge in [0.15, 0.2) is 0 Å². The fourth-order valence-corrected chi connectivity index (χ4v) is 1.35. The van der Waals surface area contributed by atoms with Crippen LogP contribution in [0.4, 0.5) is 0 Å². The van der Waals surface area contributed by atoms with Gasteiger partial charge in [0.1, 0.15) is 0 Å². The molecule has 0 atom stereocenters. The first kappa shape index (κ1) is 9.30. The van der Waals surface area contributed by atoms with Gasteiger partial charge in [0.25, 0.3) is 0 Å². The fourth-order valence-electron chi connectivity index (χ4n) is 1.35. The number of aryl methyl sites for hydroxylation is 1. The Morgan fingerprint density at radius 1 is 1.25 bits per heavy atom. The molecule has 2 heteroatoms. The van der Waals surface area contributed by atoms with Gasteiger partial charge in [0.05, 0.1) is 6.20 Å². The third-order valence-corrected chi connectivity index (χ3v) is 2.12. The summed E-state index contributed by atoms with van der Waals surface area (Å²) < 4.78 is 0. The van der Waals surface area contributed by atoms with Crippen LogP contribution in [0.15, 0.2) is 12.4 Å². The highest BCUT2D eigenvalue weighted by molar-refractivity contribution is 5.01. The van der Waals surface area contributed by atoms with E-state index in [0.717, 1.165) is 0 Å². The Balaban J connectivity index is 1.96. The number of unbranched alkanes of at least 4 members (excludes halogenated alkanes) is 4. The molecule has 0 aromatic carbocycles. The van der Waals surface area contributed by atoms with Crippen LogP contribution >= 0.6 is 0 Å². The van der Waals surface area contributed by atoms with Gasteiger partial charge in [-0.15, -0.1) is 0 Å². The van der Waals surface area contributed by atoms with Gasteiger partial charge in [-0.1, -0.05) is 32.6 Å². The van der Waals surface area contributed by atoms with Crippen LogP contribution in [0.2, 0.25) is 0 Å². The molecule has 0 aliphatic carbocycles. The van der Waals surface area contributed by atoms with Crippen molar-refractivity contribution in [2.75, 3.05) is 0 Å². The summed E-state index contributed by atoms with van der Waals surface area (Å²) in [5.41, 5.74) is 1.34. The van der Waals surface area contributed by atoms with Gasteiger partial charge in [-0.25, -0.2) is 0 Å². The summed E-state index contributed by atoms with van der Waals surface area (Å²) in [4.78, 5) is 0. The Kier molecular flexibility index (Phi) is 4.50. The van der Waals surface area contributed by atoms with Crippen LogP contribution in [0.25, 0.3) is 0 Å². The summed E-state index contributed by atoms with van der Waals surface area (Å²) in [7, 11) is 0. The SMILES string of the molecule is CCCCCCCc1cn[nH]c1. The van der Waals surface area contributed by atoms with E-state index >= 15 is 0 Å². The summed E-state index contributed by atoms with van der Waals surface area (Å²) in [5, 5.41) is 6.74. The molecule has 2 nitrogen and oxygen atoms in total. The molecule has 0 saturated heterocycles. The van der Waals surface area contributed by atoms with Crippen LogP contribution in [0.1, 0.15) is 44.6 Å². The minimum atomic E-state index is 1.18. The highest BCUT2D eigenvalue weighted by Crippen LogP contribution is 2.06. The Bertz CT molecular complexity index is 180. The van der Waals surface area contributed by atoms with E-state index in [0.29, 0.717) is 0 Å². The summed E-state index contributed by atoms with van der Waals surface area (Å²) in [6.45, 7) is 2.25. The van der Waals surface area contributed by atoms with Crippen LogP contribution in [-0.2, 0) is 6.42 Å². The van der Waals surface area contributed by atoms with Gasteiger partial charge >= 0.3 is 0 Å². The number of nitrogens with one attached hydrogen (secondary N) is 1. The zero-order chi connectivity index (χ0) is 8.65. The van der Waals surface area contributed by atoms with Crippen LogP contribution < -0.4 is 0 Å². The van der Waals surface area contributed by atoms with E-state index in [9.17, 15) is 0 Å². The summed E-state index contributed by atoms with van der Waals surface area (Å²) in [6.07, 6.45) is 11.8. The zero-order valence-corrected chi connectivity index (χ0v) is 7.84. The van der Waals surface area contributed by atoms with Gasteiger partial charge < -0.3 is 0 Å². The molecule has 0 saturated carbocycles. The number of hydrogen-bond donors (Lipinski definition) is 1. The predicted molar refractivity (Wildman–Crippen MR) is 51.1 cm³/mol. The van der Waals surface area contributed by atoms with Crippen LogP contribution in [0, 0.1) is 0 Å². The molecule has 0 unspecified atom stereocenters. The minimum Gasteiger partial charge on any atom is -0.285 e. The highest BCUT2D eigenvalue weighted by atomic mass is 15.1. The largest absolute Gasteiger partial charge is 0.285 e. The first-order valence-electron chi connectivity index (χ1n) is 4.91. The van der Waals surface area contributed by atoms with Gasteiger partial charge in [0, 0.05) is 6.20 Å². The highest BCUT2D eigenvalue weighted by Gasteiger charge is 1.93. The van der Waals surface area contributed by atoms with Crippen molar-refractivity contribution in [2.24, 2.45) is 0 Å². The molecule has 0 spiro atoms. The van der Waals surface area contributed by atoms with Crippen molar-refractivity contribution < 1.29 is 0 Å². The Hall–Kier alpha value is -0.790. The molecule has 0 radical (unpaired) electrons. The van der Waals surface area contributed by atoms with Crippen molar-refractivity contribution in [3.8, 4) is 0 Å². The zero-order valence-electron chi connectivity index (χ0n) is 7.84. The Labute approximate surface area is 74.4 Å². The summed E-state index contributed by atoms with van der Waals surface area (Å²) in [6, 6.07) is 0. The van der Waals surface area contributed by atoms with Gasteiger partial charge in [-0.2, -0.15) is 5.10 Å². The fraction of sp³-hybridized carbons (Fsp3) is 0.700. The van der Waals surface area contributed by atoms with Crippen molar-refractivity contribution in [3.05, 3.63) is 18.0 Å². The van der Waals surface area contributed by atoms with Gasteiger partial charge in [-0.3, -0.25) is 5.10 Å². The molecule has 0 aliphatic heterocycles. The molecular formula is C10H18N2. The molecule has 1 heterocycles. The van der Waals surface area contributed by atoms with Crippen molar-refractivity contribution in [2.45, 2.75) is 45.4 Å².